The summed E-state index contributed by atoms with van der Waals surface area (Å²) in [4.78, 5) is 11.1. The number of carbonyl (C=O) groups is 1. The lowest BCUT2D eigenvalue weighted by atomic mass is 10.1. The molecule has 0 atom stereocenters. The fraction of sp³-hybridized carbons (Fsp3) is 0.364. The molecule has 0 bridgehead atoms. The van der Waals surface area contributed by atoms with Crippen LogP contribution in [-0.2, 0) is 10.7 Å². The lowest BCUT2D eigenvalue weighted by molar-refractivity contribution is -0.289. The van der Waals surface area contributed by atoms with E-state index in [9.17, 15) is 26.7 Å². The summed E-state index contributed by atoms with van der Waals surface area (Å²) in [6.07, 6.45) is -5.73. The number of nitrogens with one attached hydrogen (secondary N) is 1. The molecule has 0 fully saturated rings. The number of alkyl halides is 5. The molecule has 0 saturated heterocycles. The third kappa shape index (κ3) is 2.77. The SMILES string of the molecule is CCC(=O)Nc1ccccc1C(F)(F)C(F)(F)F. The molecule has 100 valence electrons. The minimum atomic E-state index is -5.71. The van der Waals surface area contributed by atoms with Crippen LogP contribution in [0.2, 0.25) is 0 Å². The molecule has 1 aromatic carbocycles. The van der Waals surface area contributed by atoms with Gasteiger partial charge in [-0.2, -0.15) is 22.0 Å². The molecule has 1 N–H and O–H groups in total. The molecule has 0 aromatic heterocycles. The Morgan fingerprint density at radius 2 is 1.72 bits per heavy atom. The van der Waals surface area contributed by atoms with Crippen molar-refractivity contribution >= 4 is 11.6 Å². The number of hydrogen-bond acceptors (Lipinski definition) is 1. The molecule has 0 aliphatic heterocycles. The number of amides is 1. The van der Waals surface area contributed by atoms with Crippen LogP contribution in [0, 0.1) is 0 Å². The molecule has 0 heterocycles. The van der Waals surface area contributed by atoms with E-state index in [1.165, 1.54) is 13.0 Å². The average Bonchev–Trinajstić information content (AvgIpc) is 2.28. The largest absolute Gasteiger partial charge is 0.458 e. The van der Waals surface area contributed by atoms with Crippen molar-refractivity contribution in [2.45, 2.75) is 25.4 Å². The van der Waals surface area contributed by atoms with Crippen LogP contribution in [-0.4, -0.2) is 12.1 Å². The molecule has 0 aliphatic rings. The van der Waals surface area contributed by atoms with Gasteiger partial charge in [-0.3, -0.25) is 4.79 Å². The average molecular weight is 267 g/mol. The maximum atomic E-state index is 13.2. The molecule has 0 unspecified atom stereocenters. The van der Waals surface area contributed by atoms with Crippen molar-refractivity contribution in [3.8, 4) is 0 Å². The van der Waals surface area contributed by atoms with Gasteiger partial charge in [0.2, 0.25) is 5.91 Å². The zero-order valence-corrected chi connectivity index (χ0v) is 9.31. The second kappa shape index (κ2) is 4.91. The van der Waals surface area contributed by atoms with E-state index in [2.05, 4.69) is 0 Å². The highest BCUT2D eigenvalue weighted by molar-refractivity contribution is 5.91. The van der Waals surface area contributed by atoms with Crippen LogP contribution in [0.3, 0.4) is 0 Å². The van der Waals surface area contributed by atoms with Crippen LogP contribution in [0.5, 0.6) is 0 Å². The molecular formula is C11H10F5NO. The quantitative estimate of drug-likeness (QED) is 0.831. The van der Waals surface area contributed by atoms with E-state index in [1.54, 1.807) is 0 Å². The van der Waals surface area contributed by atoms with Crippen molar-refractivity contribution in [1.82, 2.24) is 0 Å². The molecule has 7 heteroatoms. The topological polar surface area (TPSA) is 29.1 Å². The minimum Gasteiger partial charge on any atom is -0.326 e. The van der Waals surface area contributed by atoms with Gasteiger partial charge in [-0.1, -0.05) is 25.1 Å². The number of halogens is 5. The first-order chi connectivity index (χ1) is 8.20. The van der Waals surface area contributed by atoms with Gasteiger partial charge in [0.15, 0.2) is 0 Å². The molecule has 1 rings (SSSR count). The first-order valence-corrected chi connectivity index (χ1v) is 5.04. The van der Waals surface area contributed by atoms with E-state index in [1.807, 2.05) is 5.32 Å². The highest BCUT2D eigenvalue weighted by Gasteiger charge is 2.59. The highest BCUT2D eigenvalue weighted by atomic mass is 19.4. The smallest absolute Gasteiger partial charge is 0.326 e. The predicted molar refractivity (Wildman–Crippen MR) is 55.3 cm³/mol. The first-order valence-electron chi connectivity index (χ1n) is 5.04. The molecule has 1 amide bonds. The second-order valence-corrected chi connectivity index (χ2v) is 3.52. The van der Waals surface area contributed by atoms with Crippen LogP contribution in [0.1, 0.15) is 18.9 Å². The summed E-state index contributed by atoms with van der Waals surface area (Å²) >= 11 is 0. The number of rotatable bonds is 3. The number of benzene rings is 1. The van der Waals surface area contributed by atoms with Crippen molar-refractivity contribution < 1.29 is 26.7 Å². The summed E-state index contributed by atoms with van der Waals surface area (Å²) in [6.45, 7) is 1.46. The zero-order chi connectivity index (χ0) is 14.0. The fourth-order valence-corrected chi connectivity index (χ4v) is 1.26. The monoisotopic (exact) mass is 267 g/mol. The third-order valence-electron chi connectivity index (χ3n) is 2.22. The number of anilines is 1. The Balaban J connectivity index is 3.21. The number of para-hydroxylation sites is 1. The number of carbonyl (C=O) groups excluding carboxylic acids is 1. The standard InChI is InChI=1S/C11H10F5NO/c1-2-9(18)17-8-6-4-3-5-7(8)10(12,13)11(14,15)16/h3-6H,2H2,1H3,(H,17,18). The van der Waals surface area contributed by atoms with E-state index in [4.69, 9.17) is 0 Å². The van der Waals surface area contributed by atoms with E-state index in [-0.39, 0.29) is 6.42 Å². The van der Waals surface area contributed by atoms with Crippen molar-refractivity contribution in [3.63, 3.8) is 0 Å². The van der Waals surface area contributed by atoms with Crippen molar-refractivity contribution in [1.29, 1.82) is 0 Å². The van der Waals surface area contributed by atoms with E-state index >= 15 is 0 Å². The Bertz CT molecular complexity index is 441. The summed E-state index contributed by atoms with van der Waals surface area (Å²) in [5, 5.41) is 2.02. The highest BCUT2D eigenvalue weighted by Crippen LogP contribution is 2.46. The van der Waals surface area contributed by atoms with Crippen LogP contribution in [0.4, 0.5) is 27.6 Å². The van der Waals surface area contributed by atoms with Crippen molar-refractivity contribution in [3.05, 3.63) is 29.8 Å². The molecule has 2 nitrogen and oxygen atoms in total. The molecule has 0 spiro atoms. The van der Waals surface area contributed by atoms with Gasteiger partial charge in [0.1, 0.15) is 0 Å². The Hall–Kier alpha value is -1.66. The van der Waals surface area contributed by atoms with Gasteiger partial charge >= 0.3 is 12.1 Å². The molecule has 0 radical (unpaired) electrons. The predicted octanol–water partition coefficient (Wildman–Crippen LogP) is 3.69. The maximum absolute atomic E-state index is 13.2. The Morgan fingerprint density at radius 3 is 2.22 bits per heavy atom. The van der Waals surface area contributed by atoms with Crippen LogP contribution < -0.4 is 5.32 Å². The normalized spacial score (nSPS) is 12.3. The Morgan fingerprint density at radius 1 is 1.17 bits per heavy atom. The Kier molecular flexibility index (Phi) is 3.93. The summed E-state index contributed by atoms with van der Waals surface area (Å²) in [5.74, 6) is -5.65. The van der Waals surface area contributed by atoms with E-state index in [0.717, 1.165) is 12.1 Å². The van der Waals surface area contributed by atoms with Gasteiger partial charge in [-0.15, -0.1) is 0 Å². The van der Waals surface area contributed by atoms with Crippen LogP contribution in [0.25, 0.3) is 0 Å². The van der Waals surface area contributed by atoms with Gasteiger partial charge in [-0.25, -0.2) is 0 Å². The minimum absolute atomic E-state index is 0.0219. The van der Waals surface area contributed by atoms with Gasteiger partial charge < -0.3 is 5.32 Å². The van der Waals surface area contributed by atoms with Gasteiger partial charge in [0.25, 0.3) is 0 Å². The van der Waals surface area contributed by atoms with Crippen LogP contribution in [0.15, 0.2) is 24.3 Å². The van der Waals surface area contributed by atoms with Crippen LogP contribution >= 0.6 is 0 Å². The second-order valence-electron chi connectivity index (χ2n) is 3.52. The van der Waals surface area contributed by atoms with Gasteiger partial charge in [0.05, 0.1) is 11.3 Å². The summed E-state index contributed by atoms with van der Waals surface area (Å²) in [5.41, 5.74) is -1.80. The van der Waals surface area contributed by atoms with Gasteiger partial charge in [0, 0.05) is 6.42 Å². The van der Waals surface area contributed by atoms with E-state index in [0.29, 0.717) is 6.07 Å². The van der Waals surface area contributed by atoms with E-state index < -0.39 is 29.3 Å². The Labute approximate surface area is 99.8 Å². The molecule has 0 saturated carbocycles. The van der Waals surface area contributed by atoms with Crippen molar-refractivity contribution in [2.24, 2.45) is 0 Å². The lowest BCUT2D eigenvalue weighted by Gasteiger charge is -2.22. The van der Waals surface area contributed by atoms with Crippen molar-refractivity contribution in [2.75, 3.05) is 5.32 Å². The fourth-order valence-electron chi connectivity index (χ4n) is 1.26. The third-order valence-corrected chi connectivity index (χ3v) is 2.22. The molecule has 1 aromatic rings. The lowest BCUT2D eigenvalue weighted by Crippen LogP contribution is -2.34. The summed E-state index contributed by atoms with van der Waals surface area (Å²) in [6, 6.07) is 3.96. The number of hydrogen-bond donors (Lipinski definition) is 1. The maximum Gasteiger partial charge on any atom is 0.458 e. The molecule has 18 heavy (non-hydrogen) atoms. The van der Waals surface area contributed by atoms with Gasteiger partial charge in [-0.05, 0) is 6.07 Å². The summed E-state index contributed by atoms with van der Waals surface area (Å²) in [7, 11) is 0. The first kappa shape index (κ1) is 14.4. The zero-order valence-electron chi connectivity index (χ0n) is 9.31. The molecular weight excluding hydrogens is 257 g/mol. The molecule has 0 aliphatic carbocycles. The summed E-state index contributed by atoms with van der Waals surface area (Å²) < 4.78 is 63.2.